The fraction of sp³-hybridized carbons (Fsp3) is 1.00. The Bertz CT molecular complexity index is 154. The minimum absolute atomic E-state index is 0.244. The van der Waals surface area contributed by atoms with Gasteiger partial charge in [-0.05, 0) is 45.8 Å². The number of likely N-dealkylation sites (N-methyl/N-ethyl adjacent to an activating group) is 1. The van der Waals surface area contributed by atoms with E-state index in [4.69, 9.17) is 5.11 Å². The second-order valence-corrected chi connectivity index (χ2v) is 4.87. The Balaban J connectivity index is 2.09. The molecule has 90 valence electrons. The summed E-state index contributed by atoms with van der Waals surface area (Å²) in [5.41, 5.74) is 0. The van der Waals surface area contributed by atoms with Crippen LogP contribution in [-0.2, 0) is 0 Å². The summed E-state index contributed by atoms with van der Waals surface area (Å²) < 4.78 is 0. The zero-order valence-electron chi connectivity index (χ0n) is 10.2. The summed E-state index contributed by atoms with van der Waals surface area (Å²) in [5.74, 6) is 0.928. The summed E-state index contributed by atoms with van der Waals surface area (Å²) in [4.78, 5) is 2.41. The van der Waals surface area contributed by atoms with Gasteiger partial charge in [0, 0.05) is 12.6 Å². The van der Waals surface area contributed by atoms with Crippen LogP contribution in [0.15, 0.2) is 0 Å². The third-order valence-electron chi connectivity index (χ3n) is 3.53. The third kappa shape index (κ3) is 4.96. The number of aliphatic hydroxyl groups excluding tert-OH is 1. The van der Waals surface area contributed by atoms with Crippen LogP contribution in [0.25, 0.3) is 0 Å². The predicted molar refractivity (Wildman–Crippen MR) is 64.0 cm³/mol. The monoisotopic (exact) mass is 214 g/mol. The minimum Gasteiger partial charge on any atom is -0.395 e. The fourth-order valence-corrected chi connectivity index (χ4v) is 2.43. The average molecular weight is 214 g/mol. The predicted octanol–water partition coefficient (Wildman–Crippen LogP) is 1.08. The Morgan fingerprint density at radius 2 is 2.07 bits per heavy atom. The molecule has 0 heterocycles. The molecular weight excluding hydrogens is 188 g/mol. The van der Waals surface area contributed by atoms with Crippen molar-refractivity contribution in [1.82, 2.24) is 10.2 Å². The Hall–Kier alpha value is -0.120. The SMILES string of the molecule is CNC(CO)CCN(C)CC1CCCC1. The molecule has 0 spiro atoms. The van der Waals surface area contributed by atoms with E-state index in [1.807, 2.05) is 7.05 Å². The first-order valence-electron chi connectivity index (χ1n) is 6.23. The molecule has 0 aromatic heterocycles. The molecule has 0 bridgehead atoms. The van der Waals surface area contributed by atoms with Gasteiger partial charge in [-0.15, -0.1) is 0 Å². The van der Waals surface area contributed by atoms with E-state index in [-0.39, 0.29) is 12.6 Å². The van der Waals surface area contributed by atoms with Crippen LogP contribution < -0.4 is 5.32 Å². The van der Waals surface area contributed by atoms with Crippen LogP contribution in [0.2, 0.25) is 0 Å². The van der Waals surface area contributed by atoms with Crippen LogP contribution in [-0.4, -0.2) is 49.8 Å². The number of aliphatic hydroxyl groups is 1. The van der Waals surface area contributed by atoms with Gasteiger partial charge in [-0.25, -0.2) is 0 Å². The lowest BCUT2D eigenvalue weighted by atomic mass is 10.1. The lowest BCUT2D eigenvalue weighted by Crippen LogP contribution is -2.34. The van der Waals surface area contributed by atoms with Gasteiger partial charge < -0.3 is 15.3 Å². The van der Waals surface area contributed by atoms with Crippen molar-refractivity contribution < 1.29 is 5.11 Å². The largest absolute Gasteiger partial charge is 0.395 e. The van der Waals surface area contributed by atoms with E-state index in [1.165, 1.54) is 32.2 Å². The molecule has 0 aliphatic heterocycles. The maximum atomic E-state index is 9.04. The Labute approximate surface area is 93.9 Å². The standard InChI is InChI=1S/C12H26N2O/c1-13-12(10-15)7-8-14(2)9-11-5-3-4-6-11/h11-13,15H,3-10H2,1-2H3. The molecular formula is C12H26N2O. The molecule has 15 heavy (non-hydrogen) atoms. The topological polar surface area (TPSA) is 35.5 Å². The molecule has 2 N–H and O–H groups in total. The highest BCUT2D eigenvalue weighted by Gasteiger charge is 2.17. The van der Waals surface area contributed by atoms with Crippen molar-refractivity contribution in [3.8, 4) is 0 Å². The molecule has 0 aromatic rings. The molecule has 0 radical (unpaired) electrons. The summed E-state index contributed by atoms with van der Waals surface area (Å²) >= 11 is 0. The molecule has 1 unspecified atom stereocenters. The van der Waals surface area contributed by atoms with Gasteiger partial charge in [0.15, 0.2) is 0 Å². The molecule has 0 saturated heterocycles. The molecule has 1 fully saturated rings. The van der Waals surface area contributed by atoms with Crippen molar-refractivity contribution in [2.24, 2.45) is 5.92 Å². The Morgan fingerprint density at radius 3 is 2.60 bits per heavy atom. The van der Waals surface area contributed by atoms with Crippen LogP contribution >= 0.6 is 0 Å². The van der Waals surface area contributed by atoms with E-state index >= 15 is 0 Å². The van der Waals surface area contributed by atoms with Crippen molar-refractivity contribution in [3.05, 3.63) is 0 Å². The highest BCUT2D eigenvalue weighted by molar-refractivity contribution is 4.72. The molecule has 3 nitrogen and oxygen atoms in total. The lowest BCUT2D eigenvalue weighted by Gasteiger charge is -2.22. The molecule has 1 atom stereocenters. The molecule has 1 saturated carbocycles. The first kappa shape index (κ1) is 12.9. The van der Waals surface area contributed by atoms with Crippen LogP contribution in [0, 0.1) is 5.92 Å². The van der Waals surface area contributed by atoms with Crippen molar-refractivity contribution in [1.29, 1.82) is 0 Å². The first-order chi connectivity index (χ1) is 7.26. The van der Waals surface area contributed by atoms with Crippen LogP contribution in [0.4, 0.5) is 0 Å². The Morgan fingerprint density at radius 1 is 1.40 bits per heavy atom. The van der Waals surface area contributed by atoms with Gasteiger partial charge in [0.25, 0.3) is 0 Å². The number of hydrogen-bond donors (Lipinski definition) is 2. The van der Waals surface area contributed by atoms with Crippen molar-refractivity contribution >= 4 is 0 Å². The van der Waals surface area contributed by atoms with Crippen LogP contribution in [0.3, 0.4) is 0 Å². The van der Waals surface area contributed by atoms with Crippen LogP contribution in [0.5, 0.6) is 0 Å². The van der Waals surface area contributed by atoms with Crippen molar-refractivity contribution in [2.45, 2.75) is 38.1 Å². The van der Waals surface area contributed by atoms with E-state index in [9.17, 15) is 0 Å². The van der Waals surface area contributed by atoms with Gasteiger partial charge in [0.2, 0.25) is 0 Å². The maximum absolute atomic E-state index is 9.04. The van der Waals surface area contributed by atoms with E-state index in [0.717, 1.165) is 18.9 Å². The number of nitrogens with one attached hydrogen (secondary N) is 1. The first-order valence-corrected chi connectivity index (χ1v) is 6.23. The molecule has 0 amide bonds. The molecule has 3 heteroatoms. The normalized spacial score (nSPS) is 20.0. The third-order valence-corrected chi connectivity index (χ3v) is 3.53. The second-order valence-electron chi connectivity index (χ2n) is 4.87. The summed E-state index contributed by atoms with van der Waals surface area (Å²) in [7, 11) is 4.11. The van der Waals surface area contributed by atoms with Gasteiger partial charge in [0.1, 0.15) is 0 Å². The lowest BCUT2D eigenvalue weighted by molar-refractivity contribution is 0.214. The summed E-state index contributed by atoms with van der Waals surface area (Å²) in [6.45, 7) is 2.57. The van der Waals surface area contributed by atoms with E-state index in [2.05, 4.69) is 17.3 Å². The van der Waals surface area contributed by atoms with Gasteiger partial charge >= 0.3 is 0 Å². The van der Waals surface area contributed by atoms with E-state index < -0.39 is 0 Å². The second kappa shape index (κ2) is 7.20. The quantitative estimate of drug-likeness (QED) is 0.665. The maximum Gasteiger partial charge on any atom is 0.0585 e. The fourth-order valence-electron chi connectivity index (χ4n) is 2.43. The Kier molecular flexibility index (Phi) is 6.22. The van der Waals surface area contributed by atoms with Crippen LogP contribution in [0.1, 0.15) is 32.1 Å². The molecule has 1 rings (SSSR count). The van der Waals surface area contributed by atoms with Crippen molar-refractivity contribution in [2.75, 3.05) is 33.8 Å². The highest BCUT2D eigenvalue weighted by atomic mass is 16.3. The number of hydrogen-bond acceptors (Lipinski definition) is 3. The number of nitrogens with zero attached hydrogens (tertiary/aromatic N) is 1. The van der Waals surface area contributed by atoms with E-state index in [1.54, 1.807) is 0 Å². The van der Waals surface area contributed by atoms with E-state index in [0.29, 0.717) is 0 Å². The number of rotatable bonds is 7. The van der Waals surface area contributed by atoms with Gasteiger partial charge in [0.05, 0.1) is 6.61 Å². The molecule has 1 aliphatic carbocycles. The zero-order chi connectivity index (χ0) is 11.1. The zero-order valence-corrected chi connectivity index (χ0v) is 10.2. The summed E-state index contributed by atoms with van der Waals surface area (Å²) in [5, 5.41) is 12.2. The van der Waals surface area contributed by atoms with Crippen molar-refractivity contribution in [3.63, 3.8) is 0 Å². The summed E-state index contributed by atoms with van der Waals surface area (Å²) in [6, 6.07) is 0.260. The highest BCUT2D eigenvalue weighted by Crippen LogP contribution is 2.25. The average Bonchev–Trinajstić information content (AvgIpc) is 2.72. The van der Waals surface area contributed by atoms with Gasteiger partial charge in [-0.3, -0.25) is 0 Å². The molecule has 1 aliphatic rings. The summed E-state index contributed by atoms with van der Waals surface area (Å²) in [6.07, 6.45) is 6.72. The molecule has 0 aromatic carbocycles. The van der Waals surface area contributed by atoms with Gasteiger partial charge in [-0.2, -0.15) is 0 Å². The minimum atomic E-state index is 0.244. The smallest absolute Gasteiger partial charge is 0.0585 e. The van der Waals surface area contributed by atoms with Gasteiger partial charge in [-0.1, -0.05) is 12.8 Å².